The van der Waals surface area contributed by atoms with Crippen molar-refractivity contribution >= 4 is 28.1 Å². The zero-order valence-corrected chi connectivity index (χ0v) is 12.3. The minimum absolute atomic E-state index is 0.0627. The van der Waals surface area contributed by atoms with Gasteiger partial charge in [-0.15, -0.1) is 0 Å². The van der Waals surface area contributed by atoms with Crippen LogP contribution in [0.5, 0.6) is 0 Å². The summed E-state index contributed by atoms with van der Waals surface area (Å²) in [6.45, 7) is 0.243. The highest BCUT2D eigenvalue weighted by Gasteiger charge is 2.25. The molecular weight excluding hydrogens is 298 g/mol. The number of nitrogens with zero attached hydrogens (tertiary/aromatic N) is 2. The predicted molar refractivity (Wildman–Crippen MR) is 78.1 cm³/mol. The normalized spacial score (nSPS) is 11.1. The lowest BCUT2D eigenvalue weighted by atomic mass is 10.0. The van der Waals surface area contributed by atoms with Crippen LogP contribution in [0.3, 0.4) is 0 Å². The molecule has 0 radical (unpaired) electrons. The molecule has 0 saturated carbocycles. The Kier molecular flexibility index (Phi) is 4.19. The summed E-state index contributed by atoms with van der Waals surface area (Å²) in [6, 6.07) is 2.38. The van der Waals surface area contributed by atoms with Crippen molar-refractivity contribution in [3.8, 4) is 0 Å². The van der Waals surface area contributed by atoms with E-state index in [-0.39, 0.29) is 27.9 Å². The molecule has 0 unspecified atom stereocenters. The monoisotopic (exact) mass is 312 g/mol. The first-order valence-electron chi connectivity index (χ1n) is 5.99. The molecule has 21 heavy (non-hydrogen) atoms. The molecule has 4 N–H and O–H groups in total. The van der Waals surface area contributed by atoms with Gasteiger partial charge in [0, 0.05) is 12.1 Å². The van der Waals surface area contributed by atoms with Gasteiger partial charge in [0.2, 0.25) is 5.78 Å². The number of rotatable bonds is 4. The largest absolute Gasteiger partial charge is 0.382 e. The van der Waals surface area contributed by atoms with Crippen molar-refractivity contribution in [3.05, 3.63) is 39.8 Å². The Balaban J connectivity index is 2.52. The van der Waals surface area contributed by atoms with Gasteiger partial charge in [0.05, 0.1) is 5.56 Å². The van der Waals surface area contributed by atoms with Crippen LogP contribution in [0.1, 0.15) is 20.8 Å². The van der Waals surface area contributed by atoms with E-state index < -0.39 is 23.0 Å². The highest BCUT2D eigenvalue weighted by atomic mass is 32.1. The number of hydrogen-bond donors (Lipinski definition) is 2. The molecule has 8 heteroatoms. The molecule has 0 fully saturated rings. The molecule has 2 aromatic rings. The van der Waals surface area contributed by atoms with Gasteiger partial charge in [-0.05, 0) is 20.2 Å². The van der Waals surface area contributed by atoms with E-state index in [1.807, 2.05) is 0 Å². The lowest BCUT2D eigenvalue weighted by Crippen LogP contribution is -2.15. The van der Waals surface area contributed by atoms with E-state index in [9.17, 15) is 13.6 Å². The number of benzene rings is 1. The van der Waals surface area contributed by atoms with Crippen molar-refractivity contribution in [1.82, 2.24) is 9.88 Å². The quantitative estimate of drug-likeness (QED) is 0.842. The van der Waals surface area contributed by atoms with Gasteiger partial charge in [-0.1, -0.05) is 17.4 Å². The average Bonchev–Trinajstić information content (AvgIpc) is 2.71. The summed E-state index contributed by atoms with van der Waals surface area (Å²) in [7, 11) is 3.48. The molecule has 0 spiro atoms. The number of thiazole rings is 1. The van der Waals surface area contributed by atoms with Crippen LogP contribution in [0.2, 0.25) is 0 Å². The van der Waals surface area contributed by atoms with Crippen LogP contribution in [-0.4, -0.2) is 29.8 Å². The summed E-state index contributed by atoms with van der Waals surface area (Å²) < 4.78 is 28.3. The molecule has 0 saturated heterocycles. The number of hydrogen-bond acceptors (Lipinski definition) is 6. The SMILES string of the molecule is CN(C)Cc1ccc(F)c(C(=O)c2sc(N)nc2N)c1F. The van der Waals surface area contributed by atoms with E-state index in [0.29, 0.717) is 0 Å². The number of halogens is 2. The fraction of sp³-hybridized carbons (Fsp3) is 0.231. The number of anilines is 2. The maximum Gasteiger partial charge on any atom is 0.212 e. The molecule has 0 aliphatic heterocycles. The van der Waals surface area contributed by atoms with E-state index in [0.717, 1.165) is 17.4 Å². The van der Waals surface area contributed by atoms with E-state index in [1.54, 1.807) is 19.0 Å². The van der Waals surface area contributed by atoms with Gasteiger partial charge in [-0.2, -0.15) is 0 Å². The van der Waals surface area contributed by atoms with Gasteiger partial charge in [-0.25, -0.2) is 13.8 Å². The fourth-order valence-electron chi connectivity index (χ4n) is 1.89. The van der Waals surface area contributed by atoms with Crippen LogP contribution in [0.4, 0.5) is 19.7 Å². The average molecular weight is 312 g/mol. The van der Waals surface area contributed by atoms with Crippen molar-refractivity contribution in [3.63, 3.8) is 0 Å². The molecule has 112 valence electrons. The summed E-state index contributed by atoms with van der Waals surface area (Å²) in [5.41, 5.74) is 10.6. The third-order valence-corrected chi connectivity index (χ3v) is 3.66. The van der Waals surface area contributed by atoms with E-state index in [1.165, 1.54) is 6.07 Å². The second-order valence-corrected chi connectivity index (χ2v) is 5.76. The molecule has 1 aromatic heterocycles. The van der Waals surface area contributed by atoms with Gasteiger partial charge >= 0.3 is 0 Å². The number of carbonyl (C=O) groups excluding carboxylic acids is 1. The van der Waals surface area contributed by atoms with Crippen LogP contribution in [-0.2, 0) is 6.54 Å². The Labute approximate surface area is 124 Å². The molecule has 0 aliphatic rings. The zero-order valence-electron chi connectivity index (χ0n) is 11.5. The molecular formula is C13H14F2N4OS. The van der Waals surface area contributed by atoms with Crippen molar-refractivity contribution < 1.29 is 13.6 Å². The second kappa shape index (κ2) is 5.74. The van der Waals surface area contributed by atoms with E-state index in [4.69, 9.17) is 11.5 Å². The van der Waals surface area contributed by atoms with Crippen LogP contribution >= 0.6 is 11.3 Å². The number of aromatic nitrogens is 1. The van der Waals surface area contributed by atoms with Crippen molar-refractivity contribution in [1.29, 1.82) is 0 Å². The number of ketones is 1. The highest BCUT2D eigenvalue weighted by Crippen LogP contribution is 2.28. The minimum Gasteiger partial charge on any atom is -0.382 e. The molecule has 2 rings (SSSR count). The Morgan fingerprint density at radius 2 is 2.00 bits per heavy atom. The smallest absolute Gasteiger partial charge is 0.212 e. The Morgan fingerprint density at radius 3 is 2.52 bits per heavy atom. The highest BCUT2D eigenvalue weighted by molar-refractivity contribution is 7.18. The second-order valence-electron chi connectivity index (χ2n) is 4.73. The van der Waals surface area contributed by atoms with Crippen molar-refractivity contribution in [2.75, 3.05) is 25.6 Å². The summed E-state index contributed by atoms with van der Waals surface area (Å²) in [5, 5.41) is 0.0705. The first-order chi connectivity index (χ1) is 9.81. The van der Waals surface area contributed by atoms with Crippen molar-refractivity contribution in [2.24, 2.45) is 0 Å². The standard InChI is InChI=1S/C13H14F2N4OS/c1-19(2)5-6-3-4-7(14)8(9(6)15)10(20)11-12(16)18-13(17)21-11/h3-4H,5,16H2,1-2H3,(H2,17,18). The van der Waals surface area contributed by atoms with Gasteiger partial charge in [0.25, 0.3) is 0 Å². The summed E-state index contributed by atoms with van der Waals surface area (Å²) >= 11 is 0.803. The number of nitrogen functional groups attached to an aromatic ring is 2. The molecule has 1 heterocycles. The Morgan fingerprint density at radius 1 is 1.33 bits per heavy atom. The summed E-state index contributed by atoms with van der Waals surface area (Å²) in [4.78, 5) is 17.6. The van der Waals surface area contributed by atoms with Crippen LogP contribution in [0.25, 0.3) is 0 Å². The Bertz CT molecular complexity index is 700. The fourth-order valence-corrected chi connectivity index (χ4v) is 2.59. The van der Waals surface area contributed by atoms with Gasteiger partial charge in [0.1, 0.15) is 22.3 Å². The van der Waals surface area contributed by atoms with Gasteiger partial charge < -0.3 is 16.4 Å². The number of nitrogens with two attached hydrogens (primary N) is 2. The zero-order chi connectivity index (χ0) is 15.7. The van der Waals surface area contributed by atoms with Gasteiger partial charge in [-0.3, -0.25) is 4.79 Å². The molecule has 0 atom stereocenters. The van der Waals surface area contributed by atoms with Crippen LogP contribution in [0.15, 0.2) is 12.1 Å². The van der Waals surface area contributed by atoms with Crippen molar-refractivity contribution in [2.45, 2.75) is 6.54 Å². The minimum atomic E-state index is -0.939. The molecule has 1 aromatic carbocycles. The van der Waals surface area contributed by atoms with Crippen LogP contribution in [0, 0.1) is 11.6 Å². The summed E-state index contributed by atoms with van der Waals surface area (Å²) in [6.07, 6.45) is 0. The summed E-state index contributed by atoms with van der Waals surface area (Å²) in [5.74, 6) is -2.80. The van der Waals surface area contributed by atoms with Gasteiger partial charge in [0.15, 0.2) is 5.13 Å². The third-order valence-electron chi connectivity index (χ3n) is 2.76. The first kappa shape index (κ1) is 15.3. The van der Waals surface area contributed by atoms with E-state index >= 15 is 0 Å². The molecule has 0 bridgehead atoms. The maximum atomic E-state index is 14.4. The lowest BCUT2D eigenvalue weighted by Gasteiger charge is -2.12. The van der Waals surface area contributed by atoms with E-state index in [2.05, 4.69) is 4.98 Å². The Hall–Kier alpha value is -2.06. The molecule has 0 amide bonds. The number of carbonyl (C=O) groups is 1. The van der Waals surface area contributed by atoms with Crippen LogP contribution < -0.4 is 11.5 Å². The lowest BCUT2D eigenvalue weighted by molar-refractivity contribution is 0.103. The predicted octanol–water partition coefficient (Wildman–Crippen LogP) is 1.88. The molecule has 5 nitrogen and oxygen atoms in total. The molecule has 0 aliphatic carbocycles. The maximum absolute atomic E-state index is 14.4. The third kappa shape index (κ3) is 3.01. The first-order valence-corrected chi connectivity index (χ1v) is 6.81. The topological polar surface area (TPSA) is 85.2 Å².